The summed E-state index contributed by atoms with van der Waals surface area (Å²) in [5, 5.41) is 9.47. The molecule has 0 aromatic heterocycles. The topological polar surface area (TPSA) is 63.6 Å². The Hall–Kier alpha value is -1.75. The van der Waals surface area contributed by atoms with Crippen LogP contribution in [-0.4, -0.2) is 28.6 Å². The Labute approximate surface area is 117 Å². The molecule has 0 radical (unpaired) electrons. The van der Waals surface area contributed by atoms with E-state index in [1.807, 2.05) is 0 Å². The minimum atomic E-state index is -1.69. The van der Waals surface area contributed by atoms with Crippen LogP contribution in [0.1, 0.15) is 32.8 Å². The molecule has 0 fully saturated rings. The summed E-state index contributed by atoms with van der Waals surface area (Å²) in [6, 6.07) is 5.62. The molecule has 1 unspecified atom stereocenters. The minimum absolute atomic E-state index is 0.0733. The van der Waals surface area contributed by atoms with E-state index in [4.69, 9.17) is 4.74 Å². The van der Waals surface area contributed by atoms with Crippen molar-refractivity contribution in [1.29, 1.82) is 0 Å². The van der Waals surface area contributed by atoms with E-state index in [2.05, 4.69) is 0 Å². The Morgan fingerprint density at radius 3 is 2.50 bits per heavy atom. The molecule has 1 aromatic rings. The van der Waals surface area contributed by atoms with Crippen LogP contribution in [0.4, 0.5) is 4.39 Å². The number of aliphatic carboxylic acids is 1. The van der Waals surface area contributed by atoms with E-state index < -0.39 is 23.0 Å². The third-order valence-electron chi connectivity index (χ3n) is 2.68. The second-order valence-corrected chi connectivity index (χ2v) is 5.69. The quantitative estimate of drug-likeness (QED) is 0.815. The standard InChI is InChI=1S/C15H19FO4/c1-14(2,3)20-15(7-8-17,13(18)19)10-11-5-4-6-12(16)9-11/h4-6,8-9H,7,10H2,1-3H3,(H,18,19). The highest BCUT2D eigenvalue weighted by molar-refractivity contribution is 5.81. The van der Waals surface area contributed by atoms with Gasteiger partial charge in [0.1, 0.15) is 12.1 Å². The van der Waals surface area contributed by atoms with Crippen molar-refractivity contribution < 1.29 is 23.8 Å². The summed E-state index contributed by atoms with van der Waals surface area (Å²) < 4.78 is 18.8. The zero-order valence-electron chi connectivity index (χ0n) is 11.9. The van der Waals surface area contributed by atoms with Crippen LogP contribution in [-0.2, 0) is 20.7 Å². The van der Waals surface area contributed by atoms with Crippen LogP contribution in [0.3, 0.4) is 0 Å². The predicted molar refractivity (Wildman–Crippen MR) is 72.0 cm³/mol. The van der Waals surface area contributed by atoms with Crippen molar-refractivity contribution in [2.75, 3.05) is 0 Å². The lowest BCUT2D eigenvalue weighted by Gasteiger charge is -2.35. The molecule has 20 heavy (non-hydrogen) atoms. The lowest BCUT2D eigenvalue weighted by atomic mass is 9.90. The molecular formula is C15H19FO4. The molecule has 0 aliphatic carbocycles. The number of benzene rings is 1. The summed E-state index contributed by atoms with van der Waals surface area (Å²) in [6.45, 7) is 5.13. The highest BCUT2D eigenvalue weighted by Gasteiger charge is 2.43. The average Bonchev–Trinajstić information content (AvgIpc) is 2.26. The molecule has 4 nitrogen and oxygen atoms in total. The fourth-order valence-corrected chi connectivity index (χ4v) is 2.05. The Kier molecular flexibility index (Phi) is 5.00. The molecule has 0 aliphatic heterocycles. The van der Waals surface area contributed by atoms with Crippen molar-refractivity contribution in [1.82, 2.24) is 0 Å². The largest absolute Gasteiger partial charge is 0.479 e. The lowest BCUT2D eigenvalue weighted by Crippen LogP contribution is -2.49. The Balaban J connectivity index is 3.15. The number of rotatable bonds is 6. The molecule has 5 heteroatoms. The first-order valence-corrected chi connectivity index (χ1v) is 6.30. The summed E-state index contributed by atoms with van der Waals surface area (Å²) >= 11 is 0. The number of carboxylic acid groups (broad SMARTS) is 1. The highest BCUT2D eigenvalue weighted by Crippen LogP contribution is 2.28. The first-order chi connectivity index (χ1) is 9.18. The van der Waals surface area contributed by atoms with Gasteiger partial charge in [-0.3, -0.25) is 0 Å². The lowest BCUT2D eigenvalue weighted by molar-refractivity contribution is -0.186. The number of halogens is 1. The van der Waals surface area contributed by atoms with Gasteiger partial charge in [0.15, 0.2) is 5.60 Å². The molecule has 0 heterocycles. The number of aldehydes is 1. The number of carbonyl (C=O) groups is 2. The fourth-order valence-electron chi connectivity index (χ4n) is 2.05. The smallest absolute Gasteiger partial charge is 0.336 e. The number of carbonyl (C=O) groups excluding carboxylic acids is 1. The van der Waals surface area contributed by atoms with Crippen LogP contribution >= 0.6 is 0 Å². The van der Waals surface area contributed by atoms with Crippen molar-refractivity contribution in [2.45, 2.75) is 44.8 Å². The van der Waals surface area contributed by atoms with Gasteiger partial charge in [-0.2, -0.15) is 0 Å². The number of carboxylic acids is 1. The number of hydrogen-bond donors (Lipinski definition) is 1. The fraction of sp³-hybridized carbons (Fsp3) is 0.467. The van der Waals surface area contributed by atoms with Crippen LogP contribution in [0.2, 0.25) is 0 Å². The van der Waals surface area contributed by atoms with E-state index >= 15 is 0 Å². The first kappa shape index (κ1) is 16.3. The van der Waals surface area contributed by atoms with Crippen molar-refractivity contribution in [3.05, 3.63) is 35.6 Å². The maximum atomic E-state index is 13.2. The summed E-state index contributed by atoms with van der Waals surface area (Å²) in [5.74, 6) is -1.69. The minimum Gasteiger partial charge on any atom is -0.479 e. The van der Waals surface area contributed by atoms with Gasteiger partial charge in [0.05, 0.1) is 5.60 Å². The summed E-state index contributed by atoms with van der Waals surface area (Å²) in [5.41, 5.74) is -1.96. The average molecular weight is 282 g/mol. The summed E-state index contributed by atoms with van der Waals surface area (Å²) in [6.07, 6.45) is 0.144. The Morgan fingerprint density at radius 2 is 2.05 bits per heavy atom. The molecule has 0 spiro atoms. The molecule has 1 aromatic carbocycles. The normalized spacial score (nSPS) is 14.6. The van der Waals surface area contributed by atoms with Gasteiger partial charge >= 0.3 is 5.97 Å². The molecule has 0 bridgehead atoms. The van der Waals surface area contributed by atoms with E-state index in [1.54, 1.807) is 26.8 Å². The van der Waals surface area contributed by atoms with Gasteiger partial charge in [-0.25, -0.2) is 9.18 Å². The molecular weight excluding hydrogens is 263 g/mol. The molecule has 0 aliphatic rings. The van der Waals surface area contributed by atoms with Gasteiger partial charge in [-0.15, -0.1) is 0 Å². The molecule has 0 saturated heterocycles. The van der Waals surface area contributed by atoms with Crippen molar-refractivity contribution in [2.24, 2.45) is 0 Å². The van der Waals surface area contributed by atoms with Crippen molar-refractivity contribution in [3.8, 4) is 0 Å². The summed E-state index contributed by atoms with van der Waals surface area (Å²) in [7, 11) is 0. The number of ether oxygens (including phenoxy) is 1. The third kappa shape index (κ3) is 4.42. The molecule has 1 rings (SSSR count). The van der Waals surface area contributed by atoms with E-state index in [0.29, 0.717) is 11.8 Å². The molecule has 0 saturated carbocycles. The van der Waals surface area contributed by atoms with Crippen LogP contribution < -0.4 is 0 Å². The molecule has 110 valence electrons. The summed E-state index contributed by atoms with van der Waals surface area (Å²) in [4.78, 5) is 22.5. The van der Waals surface area contributed by atoms with E-state index in [0.717, 1.165) is 0 Å². The van der Waals surface area contributed by atoms with Gasteiger partial charge in [0, 0.05) is 12.8 Å². The Bertz CT molecular complexity index is 493. The monoisotopic (exact) mass is 282 g/mol. The van der Waals surface area contributed by atoms with E-state index in [1.165, 1.54) is 18.2 Å². The maximum absolute atomic E-state index is 13.2. The molecule has 1 atom stereocenters. The second kappa shape index (κ2) is 6.13. The SMILES string of the molecule is CC(C)(C)OC(CC=O)(Cc1cccc(F)c1)C(=O)O. The number of hydrogen-bond acceptors (Lipinski definition) is 3. The highest BCUT2D eigenvalue weighted by atomic mass is 19.1. The zero-order chi connectivity index (χ0) is 15.4. The Morgan fingerprint density at radius 1 is 1.40 bits per heavy atom. The molecule has 1 N–H and O–H groups in total. The van der Waals surface area contributed by atoms with Crippen LogP contribution in [0, 0.1) is 5.82 Å². The predicted octanol–water partition coefficient (Wildman–Crippen LogP) is 2.60. The maximum Gasteiger partial charge on any atom is 0.336 e. The molecule has 0 amide bonds. The zero-order valence-corrected chi connectivity index (χ0v) is 11.9. The van der Waals surface area contributed by atoms with Crippen molar-refractivity contribution >= 4 is 12.3 Å². The van der Waals surface area contributed by atoms with Gasteiger partial charge in [-0.05, 0) is 38.5 Å². The van der Waals surface area contributed by atoms with Gasteiger partial charge in [-0.1, -0.05) is 12.1 Å². The van der Waals surface area contributed by atoms with Crippen LogP contribution in [0.15, 0.2) is 24.3 Å². The first-order valence-electron chi connectivity index (χ1n) is 6.30. The van der Waals surface area contributed by atoms with E-state index in [9.17, 15) is 19.1 Å². The second-order valence-electron chi connectivity index (χ2n) is 5.69. The van der Waals surface area contributed by atoms with Gasteiger partial charge < -0.3 is 14.6 Å². The van der Waals surface area contributed by atoms with Crippen LogP contribution in [0.25, 0.3) is 0 Å². The van der Waals surface area contributed by atoms with Crippen molar-refractivity contribution in [3.63, 3.8) is 0 Å². The van der Waals surface area contributed by atoms with Gasteiger partial charge in [0.25, 0.3) is 0 Å². The van der Waals surface area contributed by atoms with Crippen LogP contribution in [0.5, 0.6) is 0 Å². The van der Waals surface area contributed by atoms with Gasteiger partial charge in [0.2, 0.25) is 0 Å². The third-order valence-corrected chi connectivity index (χ3v) is 2.68. The van der Waals surface area contributed by atoms with E-state index in [-0.39, 0.29) is 12.8 Å².